The minimum Gasteiger partial charge on any atom is -0.493 e. The number of rotatable bonds is 8. The minimum absolute atomic E-state index is 0.137. The number of aromatic carboxylic acids is 1. The molecule has 0 radical (unpaired) electrons. The lowest BCUT2D eigenvalue weighted by atomic mass is 10.0. The molecule has 172 valence electrons. The highest BCUT2D eigenvalue weighted by Gasteiger charge is 2.14. The van der Waals surface area contributed by atoms with Gasteiger partial charge in [0, 0.05) is 5.69 Å². The maximum atomic E-state index is 12.3. The number of carbonyl (C=O) groups is 2. The van der Waals surface area contributed by atoms with E-state index in [0.29, 0.717) is 38.4 Å². The van der Waals surface area contributed by atoms with Crippen molar-refractivity contribution < 1.29 is 24.2 Å². The number of methoxy groups -OCH3 is 1. The fourth-order valence-corrected chi connectivity index (χ4v) is 3.65. The van der Waals surface area contributed by atoms with Gasteiger partial charge in [-0.15, -0.1) is 0 Å². The highest BCUT2D eigenvalue weighted by Crippen LogP contribution is 2.37. The summed E-state index contributed by atoms with van der Waals surface area (Å²) in [5.41, 5.74) is 3.48. The molecule has 0 saturated heterocycles. The summed E-state index contributed by atoms with van der Waals surface area (Å²) in [6.45, 7) is 1.74. The van der Waals surface area contributed by atoms with E-state index in [1.165, 1.54) is 19.2 Å². The van der Waals surface area contributed by atoms with Crippen molar-refractivity contribution in [2.45, 2.75) is 6.92 Å². The summed E-state index contributed by atoms with van der Waals surface area (Å²) < 4.78 is 11.7. The van der Waals surface area contributed by atoms with Gasteiger partial charge in [-0.05, 0) is 76.5 Å². The molecule has 3 aromatic rings. The third-order valence-electron chi connectivity index (χ3n) is 4.81. The molecule has 0 aliphatic carbocycles. The maximum Gasteiger partial charge on any atom is 0.335 e. The second-order valence-electron chi connectivity index (χ2n) is 7.29. The number of carbonyl (C=O) groups excluding carboxylic acids is 1. The summed E-state index contributed by atoms with van der Waals surface area (Å²) in [7, 11) is 1.48. The van der Waals surface area contributed by atoms with E-state index in [2.05, 4.69) is 27.3 Å². The van der Waals surface area contributed by atoms with Crippen molar-refractivity contribution in [3.05, 3.63) is 87.4 Å². The minimum atomic E-state index is -1.04. The van der Waals surface area contributed by atoms with E-state index < -0.39 is 5.97 Å². The second kappa shape index (κ2) is 11.2. The number of halogens is 1. The van der Waals surface area contributed by atoms with Crippen LogP contribution in [-0.2, 0) is 4.79 Å². The summed E-state index contributed by atoms with van der Waals surface area (Å²) >= 11 is 3.44. The number of nitrogens with one attached hydrogen (secondary N) is 1. The van der Waals surface area contributed by atoms with Crippen molar-refractivity contribution >= 4 is 45.1 Å². The molecule has 0 spiro atoms. The van der Waals surface area contributed by atoms with Crippen molar-refractivity contribution in [3.63, 3.8) is 0 Å². The second-order valence-corrected chi connectivity index (χ2v) is 8.14. The lowest BCUT2D eigenvalue weighted by molar-refractivity contribution is -0.118. The molecule has 0 atom stereocenters. The number of nitrogens with zero attached hydrogens (tertiary/aromatic N) is 1. The number of aryl methyl sites for hydroxylation is 1. The van der Waals surface area contributed by atoms with Crippen LogP contribution in [0.5, 0.6) is 11.5 Å². The van der Waals surface area contributed by atoms with E-state index in [1.54, 1.807) is 30.3 Å². The van der Waals surface area contributed by atoms with Gasteiger partial charge in [-0.3, -0.25) is 4.79 Å². The van der Waals surface area contributed by atoms with Gasteiger partial charge in [0.2, 0.25) is 0 Å². The Labute approximate surface area is 205 Å². The van der Waals surface area contributed by atoms with Crippen LogP contribution in [0.4, 0.5) is 5.69 Å². The van der Waals surface area contributed by atoms with E-state index in [0.717, 1.165) is 5.56 Å². The number of carboxylic acids is 1. The Morgan fingerprint density at radius 3 is 2.32 bits per heavy atom. The smallest absolute Gasteiger partial charge is 0.335 e. The number of benzene rings is 3. The summed E-state index contributed by atoms with van der Waals surface area (Å²) in [6, 6.07) is 19.0. The van der Waals surface area contributed by atoms with Crippen LogP contribution in [0.25, 0.3) is 11.6 Å². The van der Waals surface area contributed by atoms with Gasteiger partial charge in [-0.1, -0.05) is 29.8 Å². The standard InChI is InChI=1S/C26H21BrN2O5/c1-16-3-9-21(10-4-16)29-24(30)15-34-25-22(27)12-17(13-23(25)33-2)11-20(14-28)18-5-7-19(8-6-18)26(31)32/h3-13H,15H2,1-2H3,(H,29,30)(H,31,32)/b20-11-. The highest BCUT2D eigenvalue weighted by atomic mass is 79.9. The predicted molar refractivity (Wildman–Crippen MR) is 133 cm³/mol. The Bertz CT molecular complexity index is 1280. The van der Waals surface area contributed by atoms with Crippen LogP contribution in [-0.4, -0.2) is 30.7 Å². The molecule has 8 heteroatoms. The predicted octanol–water partition coefficient (Wildman–Crippen LogP) is 5.55. The number of carboxylic acid groups (broad SMARTS) is 1. The molecule has 0 unspecified atom stereocenters. The summed E-state index contributed by atoms with van der Waals surface area (Å²) in [5.74, 6) is -0.630. The molecule has 0 aliphatic heterocycles. The van der Waals surface area contributed by atoms with Gasteiger partial charge in [0.1, 0.15) is 0 Å². The molecular weight excluding hydrogens is 500 g/mol. The molecule has 2 N–H and O–H groups in total. The number of hydrogen-bond acceptors (Lipinski definition) is 5. The van der Waals surface area contributed by atoms with E-state index >= 15 is 0 Å². The first-order chi connectivity index (χ1) is 16.3. The van der Waals surface area contributed by atoms with Crippen LogP contribution in [0.3, 0.4) is 0 Å². The molecule has 0 fully saturated rings. The molecule has 0 saturated carbocycles. The number of allylic oxidation sites excluding steroid dienone is 1. The van der Waals surface area contributed by atoms with Crippen LogP contribution in [0.15, 0.2) is 65.1 Å². The molecule has 7 nitrogen and oxygen atoms in total. The van der Waals surface area contributed by atoms with Crippen molar-refractivity contribution in [2.75, 3.05) is 19.0 Å². The van der Waals surface area contributed by atoms with Crippen LogP contribution < -0.4 is 14.8 Å². The van der Waals surface area contributed by atoms with Crippen molar-refractivity contribution in [2.24, 2.45) is 0 Å². The van der Waals surface area contributed by atoms with Gasteiger partial charge < -0.3 is 19.9 Å². The van der Waals surface area contributed by atoms with Crippen LogP contribution >= 0.6 is 15.9 Å². The first kappa shape index (κ1) is 24.6. The number of amides is 1. The van der Waals surface area contributed by atoms with Gasteiger partial charge in [-0.25, -0.2) is 4.79 Å². The first-order valence-corrected chi connectivity index (χ1v) is 10.9. The average Bonchev–Trinajstić information content (AvgIpc) is 2.83. The molecule has 0 bridgehead atoms. The lowest BCUT2D eigenvalue weighted by Gasteiger charge is -2.14. The third kappa shape index (κ3) is 6.24. The number of anilines is 1. The van der Waals surface area contributed by atoms with Gasteiger partial charge >= 0.3 is 5.97 Å². The fourth-order valence-electron chi connectivity index (χ4n) is 3.07. The topological polar surface area (TPSA) is 109 Å². The zero-order chi connectivity index (χ0) is 24.7. The van der Waals surface area contributed by atoms with Gasteiger partial charge in [0.05, 0.1) is 28.8 Å². The highest BCUT2D eigenvalue weighted by molar-refractivity contribution is 9.10. The Morgan fingerprint density at radius 1 is 1.09 bits per heavy atom. The molecule has 0 aliphatic rings. The Balaban J connectivity index is 1.78. The van der Waals surface area contributed by atoms with Gasteiger partial charge in [0.15, 0.2) is 18.1 Å². The number of ether oxygens (including phenoxy) is 2. The Morgan fingerprint density at radius 2 is 1.74 bits per heavy atom. The average molecular weight is 521 g/mol. The molecule has 0 aromatic heterocycles. The first-order valence-electron chi connectivity index (χ1n) is 10.1. The summed E-state index contributed by atoms with van der Waals surface area (Å²) in [4.78, 5) is 23.3. The monoisotopic (exact) mass is 520 g/mol. The summed E-state index contributed by atoms with van der Waals surface area (Å²) in [6.07, 6.45) is 1.65. The van der Waals surface area contributed by atoms with E-state index in [4.69, 9.17) is 14.6 Å². The fraction of sp³-hybridized carbons (Fsp3) is 0.115. The molecule has 1 amide bonds. The number of hydrogen-bond donors (Lipinski definition) is 2. The Kier molecular flexibility index (Phi) is 8.06. The number of nitriles is 1. The molecule has 34 heavy (non-hydrogen) atoms. The zero-order valence-corrected chi connectivity index (χ0v) is 20.0. The van der Waals surface area contributed by atoms with Crippen LogP contribution in [0, 0.1) is 18.3 Å². The maximum absolute atomic E-state index is 12.3. The lowest BCUT2D eigenvalue weighted by Crippen LogP contribution is -2.20. The summed E-state index contributed by atoms with van der Waals surface area (Å²) in [5, 5.41) is 21.4. The molecular formula is C26H21BrN2O5. The normalized spacial score (nSPS) is 10.8. The molecule has 0 heterocycles. The van der Waals surface area contributed by atoms with Crippen LogP contribution in [0.2, 0.25) is 0 Å². The largest absolute Gasteiger partial charge is 0.493 e. The zero-order valence-electron chi connectivity index (χ0n) is 18.5. The van der Waals surface area contributed by atoms with Gasteiger partial charge in [0.25, 0.3) is 5.91 Å². The van der Waals surface area contributed by atoms with Crippen molar-refractivity contribution in [1.82, 2.24) is 0 Å². The van der Waals surface area contributed by atoms with Crippen molar-refractivity contribution in [3.8, 4) is 17.6 Å². The van der Waals surface area contributed by atoms with Crippen molar-refractivity contribution in [1.29, 1.82) is 5.26 Å². The molecule has 3 rings (SSSR count). The van der Waals surface area contributed by atoms with E-state index in [1.807, 2.05) is 31.2 Å². The van der Waals surface area contributed by atoms with Crippen LogP contribution in [0.1, 0.15) is 27.0 Å². The quantitative estimate of drug-likeness (QED) is 0.298. The Hall–Kier alpha value is -4.09. The van der Waals surface area contributed by atoms with E-state index in [-0.39, 0.29) is 18.1 Å². The SMILES string of the molecule is COc1cc(/C=C(/C#N)c2ccc(C(=O)O)cc2)cc(Br)c1OCC(=O)Nc1ccc(C)cc1. The molecule has 3 aromatic carbocycles. The third-order valence-corrected chi connectivity index (χ3v) is 5.40. The van der Waals surface area contributed by atoms with E-state index in [9.17, 15) is 14.9 Å². The van der Waals surface area contributed by atoms with Gasteiger partial charge in [-0.2, -0.15) is 5.26 Å².